The molecule has 0 radical (unpaired) electrons. The van der Waals surface area contributed by atoms with Crippen LogP contribution in [0.2, 0.25) is 0 Å². The average Bonchev–Trinajstić information content (AvgIpc) is 2.89. The highest BCUT2D eigenvalue weighted by molar-refractivity contribution is 7.92. The van der Waals surface area contributed by atoms with E-state index in [0.717, 1.165) is 31.5 Å². The lowest BCUT2D eigenvalue weighted by molar-refractivity contribution is 0.102. The van der Waals surface area contributed by atoms with Crippen molar-refractivity contribution in [2.75, 3.05) is 21.5 Å². The number of rotatable bonds is 7. The molecule has 1 amide bonds. The molecule has 0 saturated heterocycles. The van der Waals surface area contributed by atoms with Crippen LogP contribution >= 0.6 is 0 Å². The fraction of sp³-hybridized carbons (Fsp3) is 0.179. The van der Waals surface area contributed by atoms with Gasteiger partial charge in [0.25, 0.3) is 15.9 Å². The van der Waals surface area contributed by atoms with E-state index in [1.165, 1.54) is 29.6 Å². The molecule has 4 aromatic rings. The van der Waals surface area contributed by atoms with Crippen molar-refractivity contribution in [2.45, 2.75) is 31.2 Å². The quantitative estimate of drug-likeness (QED) is 0.368. The predicted molar refractivity (Wildman–Crippen MR) is 144 cm³/mol. The van der Waals surface area contributed by atoms with E-state index in [1.807, 2.05) is 24.3 Å². The lowest BCUT2D eigenvalue weighted by atomic mass is 10.0. The molecular formula is C28H27N5O3S. The van der Waals surface area contributed by atoms with Gasteiger partial charge >= 0.3 is 0 Å². The van der Waals surface area contributed by atoms with Gasteiger partial charge < -0.3 is 10.2 Å². The highest BCUT2D eigenvalue weighted by atomic mass is 32.2. The molecule has 1 aliphatic heterocycles. The Balaban J connectivity index is 1.21. The summed E-state index contributed by atoms with van der Waals surface area (Å²) < 4.78 is 27.6. The van der Waals surface area contributed by atoms with Crippen LogP contribution in [0.15, 0.2) is 90.0 Å². The molecule has 8 nitrogen and oxygen atoms in total. The van der Waals surface area contributed by atoms with Gasteiger partial charge in [0.2, 0.25) is 5.95 Å². The van der Waals surface area contributed by atoms with Crippen LogP contribution in [0.4, 0.5) is 17.3 Å². The fourth-order valence-corrected chi connectivity index (χ4v) is 5.31. The van der Waals surface area contributed by atoms with Gasteiger partial charge in [0.1, 0.15) is 0 Å². The molecule has 37 heavy (non-hydrogen) atoms. The first-order chi connectivity index (χ1) is 17.9. The number of aryl methyl sites for hydroxylation is 2. The Hall–Kier alpha value is -4.24. The third kappa shape index (κ3) is 5.78. The van der Waals surface area contributed by atoms with Crippen LogP contribution in [0, 0.1) is 6.92 Å². The van der Waals surface area contributed by atoms with Crippen molar-refractivity contribution in [2.24, 2.45) is 0 Å². The zero-order chi connectivity index (χ0) is 25.8. The topological polar surface area (TPSA) is 104 Å². The molecule has 9 heteroatoms. The van der Waals surface area contributed by atoms with Gasteiger partial charge in [0.15, 0.2) is 0 Å². The monoisotopic (exact) mass is 513 g/mol. The number of hydrogen-bond acceptors (Lipinski definition) is 6. The van der Waals surface area contributed by atoms with E-state index in [1.54, 1.807) is 25.1 Å². The zero-order valence-corrected chi connectivity index (χ0v) is 21.2. The maximum atomic E-state index is 12.8. The van der Waals surface area contributed by atoms with E-state index in [9.17, 15) is 13.2 Å². The molecular weight excluding hydrogens is 486 g/mol. The summed E-state index contributed by atoms with van der Waals surface area (Å²) in [4.78, 5) is 23.2. The lowest BCUT2D eigenvalue weighted by Gasteiger charge is -2.31. The van der Waals surface area contributed by atoms with Crippen molar-refractivity contribution in [3.8, 4) is 0 Å². The molecule has 0 atom stereocenters. The van der Waals surface area contributed by atoms with E-state index in [4.69, 9.17) is 0 Å². The Bertz CT molecular complexity index is 1520. The maximum absolute atomic E-state index is 12.8. The summed E-state index contributed by atoms with van der Waals surface area (Å²) in [5.41, 5.74) is 5.46. The molecule has 0 spiro atoms. The fourth-order valence-electron chi connectivity index (χ4n) is 4.36. The smallest absolute Gasteiger partial charge is 0.264 e. The number of carbonyl (C=O) groups is 1. The zero-order valence-electron chi connectivity index (χ0n) is 20.4. The number of sulfonamides is 1. The number of nitrogens with zero attached hydrogens (tertiary/aromatic N) is 3. The number of anilines is 3. The van der Waals surface area contributed by atoms with E-state index in [2.05, 4.69) is 49.2 Å². The van der Waals surface area contributed by atoms with Gasteiger partial charge in [-0.3, -0.25) is 4.79 Å². The Labute approximate surface area is 216 Å². The number of nitrogens with one attached hydrogen (secondary N) is 2. The first kappa shape index (κ1) is 24.5. The molecule has 5 rings (SSSR count). The third-order valence-corrected chi connectivity index (χ3v) is 7.58. The molecule has 2 heterocycles. The van der Waals surface area contributed by atoms with Gasteiger partial charge in [0, 0.05) is 41.9 Å². The Kier molecular flexibility index (Phi) is 6.87. The third-order valence-electron chi connectivity index (χ3n) is 6.24. The summed E-state index contributed by atoms with van der Waals surface area (Å²) in [7, 11) is -3.85. The molecule has 1 aromatic heterocycles. The Morgan fingerprint density at radius 2 is 1.73 bits per heavy atom. The minimum absolute atomic E-state index is 0.00493. The van der Waals surface area contributed by atoms with E-state index >= 15 is 0 Å². The second-order valence-corrected chi connectivity index (χ2v) is 10.6. The number of aromatic nitrogens is 2. The number of amides is 1. The number of para-hydroxylation sites is 1. The van der Waals surface area contributed by atoms with Crippen molar-refractivity contribution in [1.29, 1.82) is 0 Å². The maximum Gasteiger partial charge on any atom is 0.264 e. The SMILES string of the molecule is Cc1ccnc(NS(=O)(=O)c2ccc(NC(=O)c3ccc(CN4CCCc5ccccc54)cc3)cc2)n1. The normalized spacial score (nSPS) is 13.1. The molecule has 1 aliphatic rings. The summed E-state index contributed by atoms with van der Waals surface area (Å²) in [6.07, 6.45) is 3.72. The minimum atomic E-state index is -3.85. The van der Waals surface area contributed by atoms with E-state index in [0.29, 0.717) is 16.9 Å². The van der Waals surface area contributed by atoms with Crippen molar-refractivity contribution in [3.63, 3.8) is 0 Å². The second kappa shape index (κ2) is 10.4. The average molecular weight is 514 g/mol. The van der Waals surface area contributed by atoms with Gasteiger partial charge in [-0.1, -0.05) is 30.3 Å². The van der Waals surface area contributed by atoms with Crippen molar-refractivity contribution >= 4 is 33.3 Å². The molecule has 0 unspecified atom stereocenters. The van der Waals surface area contributed by atoms with Gasteiger partial charge in [0.05, 0.1) is 4.90 Å². The molecule has 0 saturated carbocycles. The summed E-state index contributed by atoms with van der Waals surface area (Å²) in [5.74, 6) is -0.262. The molecule has 3 aromatic carbocycles. The van der Waals surface area contributed by atoms with Crippen LogP contribution in [0.1, 0.15) is 33.6 Å². The van der Waals surface area contributed by atoms with Gasteiger partial charge in [-0.15, -0.1) is 0 Å². The molecule has 2 N–H and O–H groups in total. The number of carbonyl (C=O) groups excluding carboxylic acids is 1. The first-order valence-electron chi connectivity index (χ1n) is 12.0. The van der Waals surface area contributed by atoms with Crippen LogP contribution in [-0.4, -0.2) is 30.8 Å². The van der Waals surface area contributed by atoms with E-state index < -0.39 is 10.0 Å². The standard InChI is InChI=1S/C28H27N5O3S/c1-20-16-17-29-28(30-20)32-37(35,36)25-14-12-24(13-15-25)31-27(34)23-10-8-21(9-11-23)19-33-18-4-6-22-5-2-3-7-26(22)33/h2-3,5,7-17H,4,6,18-19H2,1H3,(H,31,34)(H,29,30,32). The van der Waals surface area contributed by atoms with Crippen molar-refractivity contribution < 1.29 is 13.2 Å². The highest BCUT2D eigenvalue weighted by Gasteiger charge is 2.18. The Morgan fingerprint density at radius 1 is 0.973 bits per heavy atom. The summed E-state index contributed by atoms with van der Waals surface area (Å²) in [5, 5.41) is 2.82. The van der Waals surface area contributed by atoms with Crippen LogP contribution in [0.25, 0.3) is 0 Å². The van der Waals surface area contributed by atoms with Crippen LogP contribution < -0.4 is 14.9 Å². The van der Waals surface area contributed by atoms with Crippen LogP contribution in [0.5, 0.6) is 0 Å². The lowest BCUT2D eigenvalue weighted by Crippen LogP contribution is -2.28. The second-order valence-electron chi connectivity index (χ2n) is 8.96. The van der Waals surface area contributed by atoms with Gasteiger partial charge in [-0.05, 0) is 79.4 Å². The van der Waals surface area contributed by atoms with Gasteiger partial charge in [-0.2, -0.15) is 0 Å². The van der Waals surface area contributed by atoms with Crippen molar-refractivity contribution in [3.05, 3.63) is 107 Å². The van der Waals surface area contributed by atoms with Crippen molar-refractivity contribution in [1.82, 2.24) is 9.97 Å². The van der Waals surface area contributed by atoms with Gasteiger partial charge in [-0.25, -0.2) is 23.1 Å². The number of benzene rings is 3. The summed E-state index contributed by atoms with van der Waals surface area (Å²) in [6, 6.07) is 23.7. The van der Waals surface area contributed by atoms with E-state index in [-0.39, 0.29) is 16.8 Å². The number of fused-ring (bicyclic) bond motifs is 1. The molecule has 0 bridgehead atoms. The molecule has 0 fully saturated rings. The summed E-state index contributed by atoms with van der Waals surface area (Å²) >= 11 is 0. The largest absolute Gasteiger partial charge is 0.367 e. The summed E-state index contributed by atoms with van der Waals surface area (Å²) in [6.45, 7) is 3.55. The molecule has 0 aliphatic carbocycles. The number of hydrogen-bond donors (Lipinski definition) is 2. The highest BCUT2D eigenvalue weighted by Crippen LogP contribution is 2.28. The Morgan fingerprint density at radius 3 is 2.49 bits per heavy atom. The van der Waals surface area contributed by atoms with Crippen LogP contribution in [0.3, 0.4) is 0 Å². The van der Waals surface area contributed by atoms with Crippen LogP contribution in [-0.2, 0) is 23.0 Å². The molecule has 188 valence electrons. The first-order valence-corrected chi connectivity index (χ1v) is 13.5. The minimum Gasteiger partial charge on any atom is -0.367 e. The predicted octanol–water partition coefficient (Wildman–Crippen LogP) is 4.79.